The Balaban J connectivity index is 2.25. The van der Waals surface area contributed by atoms with Crippen LogP contribution in [0, 0.1) is 6.92 Å². The minimum atomic E-state index is -1.04. The average molecular weight is 290 g/mol. The summed E-state index contributed by atoms with van der Waals surface area (Å²) in [6.07, 6.45) is 0. The molecule has 0 aliphatic carbocycles. The zero-order valence-electron chi connectivity index (χ0n) is 10.7. The van der Waals surface area contributed by atoms with Crippen LogP contribution in [0.2, 0.25) is 5.02 Å². The molecular formula is C15H12ClNO3. The van der Waals surface area contributed by atoms with Crippen LogP contribution in [-0.2, 0) is 0 Å². The smallest absolute Gasteiger partial charge is 0.335 e. The third-order valence-corrected chi connectivity index (χ3v) is 3.05. The molecule has 2 N–H and O–H groups in total. The van der Waals surface area contributed by atoms with Crippen molar-refractivity contribution in [3.63, 3.8) is 0 Å². The van der Waals surface area contributed by atoms with E-state index in [4.69, 9.17) is 16.7 Å². The van der Waals surface area contributed by atoms with Crippen molar-refractivity contribution >= 4 is 29.2 Å². The number of aryl methyl sites for hydroxylation is 1. The number of anilines is 1. The van der Waals surface area contributed by atoms with Crippen molar-refractivity contribution in [3.05, 3.63) is 64.2 Å². The third kappa shape index (κ3) is 3.16. The van der Waals surface area contributed by atoms with E-state index in [1.165, 1.54) is 12.1 Å². The second-order valence-corrected chi connectivity index (χ2v) is 4.74. The molecule has 0 saturated carbocycles. The third-order valence-electron chi connectivity index (χ3n) is 2.81. The largest absolute Gasteiger partial charge is 0.478 e. The molecule has 2 aromatic carbocycles. The predicted molar refractivity (Wildman–Crippen MR) is 77.5 cm³/mol. The first-order valence-corrected chi connectivity index (χ1v) is 6.26. The number of carbonyl (C=O) groups excluding carboxylic acids is 1. The lowest BCUT2D eigenvalue weighted by atomic mass is 10.1. The van der Waals surface area contributed by atoms with Crippen LogP contribution in [0.4, 0.5) is 5.69 Å². The van der Waals surface area contributed by atoms with Gasteiger partial charge in [0.15, 0.2) is 0 Å². The fourth-order valence-corrected chi connectivity index (χ4v) is 1.94. The second kappa shape index (κ2) is 5.75. The number of carbonyl (C=O) groups is 2. The molecule has 0 aromatic heterocycles. The zero-order chi connectivity index (χ0) is 14.7. The summed E-state index contributed by atoms with van der Waals surface area (Å²) >= 11 is 5.87. The first-order chi connectivity index (χ1) is 9.47. The van der Waals surface area contributed by atoms with Crippen molar-refractivity contribution in [2.75, 3.05) is 5.32 Å². The molecular weight excluding hydrogens is 278 g/mol. The molecule has 0 aliphatic heterocycles. The van der Waals surface area contributed by atoms with Crippen molar-refractivity contribution in [2.24, 2.45) is 0 Å². The van der Waals surface area contributed by atoms with E-state index in [-0.39, 0.29) is 11.5 Å². The molecule has 0 radical (unpaired) electrons. The summed E-state index contributed by atoms with van der Waals surface area (Å²) in [5.41, 5.74) is 1.79. The molecule has 102 valence electrons. The van der Waals surface area contributed by atoms with E-state index < -0.39 is 5.97 Å². The molecule has 5 heteroatoms. The van der Waals surface area contributed by atoms with Crippen LogP contribution in [0.1, 0.15) is 26.3 Å². The minimum absolute atomic E-state index is 0.116. The number of nitrogens with one attached hydrogen (secondary N) is 1. The van der Waals surface area contributed by atoms with Crippen molar-refractivity contribution in [1.82, 2.24) is 0 Å². The van der Waals surface area contributed by atoms with Gasteiger partial charge in [-0.05, 0) is 42.8 Å². The molecule has 20 heavy (non-hydrogen) atoms. The predicted octanol–water partition coefficient (Wildman–Crippen LogP) is 3.60. The molecule has 0 fully saturated rings. The standard InChI is InChI=1S/C15H12ClNO3/c1-9-5-6-11(16)8-13(9)14(18)17-12-4-2-3-10(7-12)15(19)20/h2-8H,1H3,(H,17,18)(H,19,20). The fraction of sp³-hybridized carbons (Fsp3) is 0.0667. The van der Waals surface area contributed by atoms with Gasteiger partial charge in [0.2, 0.25) is 0 Å². The first-order valence-electron chi connectivity index (χ1n) is 5.88. The van der Waals surface area contributed by atoms with E-state index in [1.54, 1.807) is 37.3 Å². The van der Waals surface area contributed by atoms with Gasteiger partial charge in [-0.2, -0.15) is 0 Å². The Morgan fingerprint density at radius 1 is 1.15 bits per heavy atom. The Labute approximate surface area is 121 Å². The van der Waals surface area contributed by atoms with Gasteiger partial charge in [-0.15, -0.1) is 0 Å². The average Bonchev–Trinajstić information content (AvgIpc) is 2.41. The molecule has 2 aromatic rings. The topological polar surface area (TPSA) is 66.4 Å². The van der Waals surface area contributed by atoms with Crippen molar-refractivity contribution in [1.29, 1.82) is 0 Å². The molecule has 0 bridgehead atoms. The summed E-state index contributed by atoms with van der Waals surface area (Å²) in [4.78, 5) is 23.0. The van der Waals surface area contributed by atoms with E-state index in [9.17, 15) is 9.59 Å². The van der Waals surface area contributed by atoms with E-state index in [0.717, 1.165) is 5.56 Å². The normalized spacial score (nSPS) is 10.1. The van der Waals surface area contributed by atoms with Gasteiger partial charge in [0.25, 0.3) is 5.91 Å². The highest BCUT2D eigenvalue weighted by atomic mass is 35.5. The van der Waals surface area contributed by atoms with Crippen LogP contribution in [0.25, 0.3) is 0 Å². The van der Waals surface area contributed by atoms with Crippen molar-refractivity contribution in [2.45, 2.75) is 6.92 Å². The molecule has 2 rings (SSSR count). The summed E-state index contributed by atoms with van der Waals surface area (Å²) in [6.45, 7) is 1.80. The lowest BCUT2D eigenvalue weighted by molar-refractivity contribution is 0.0696. The van der Waals surface area contributed by atoms with Crippen molar-refractivity contribution in [3.8, 4) is 0 Å². The first kappa shape index (κ1) is 14.1. The van der Waals surface area contributed by atoms with Gasteiger partial charge in [0, 0.05) is 16.3 Å². The highest BCUT2D eigenvalue weighted by molar-refractivity contribution is 6.31. The number of amides is 1. The summed E-state index contributed by atoms with van der Waals surface area (Å²) in [5, 5.41) is 12.0. The number of carboxylic acid groups (broad SMARTS) is 1. The monoisotopic (exact) mass is 289 g/mol. The zero-order valence-corrected chi connectivity index (χ0v) is 11.4. The summed E-state index contributed by atoms with van der Waals surface area (Å²) in [7, 11) is 0. The number of carboxylic acids is 1. The van der Waals surface area contributed by atoms with Crippen LogP contribution in [-0.4, -0.2) is 17.0 Å². The summed E-state index contributed by atoms with van der Waals surface area (Å²) < 4.78 is 0. The molecule has 0 spiro atoms. The van der Waals surface area contributed by atoms with E-state index in [2.05, 4.69) is 5.32 Å². The van der Waals surface area contributed by atoms with Crippen LogP contribution >= 0.6 is 11.6 Å². The maximum atomic E-state index is 12.2. The van der Waals surface area contributed by atoms with Gasteiger partial charge >= 0.3 is 5.97 Å². The fourth-order valence-electron chi connectivity index (χ4n) is 1.77. The quantitative estimate of drug-likeness (QED) is 0.907. The lowest BCUT2D eigenvalue weighted by Crippen LogP contribution is -2.13. The number of benzene rings is 2. The molecule has 4 nitrogen and oxygen atoms in total. The second-order valence-electron chi connectivity index (χ2n) is 4.30. The Morgan fingerprint density at radius 2 is 1.90 bits per heavy atom. The maximum absolute atomic E-state index is 12.2. The Bertz CT molecular complexity index is 683. The van der Waals surface area contributed by atoms with E-state index in [1.807, 2.05) is 0 Å². The van der Waals surface area contributed by atoms with Gasteiger partial charge in [0.05, 0.1) is 5.56 Å². The van der Waals surface area contributed by atoms with E-state index >= 15 is 0 Å². The summed E-state index contributed by atoms with van der Waals surface area (Å²) in [5.74, 6) is -1.37. The Hall–Kier alpha value is -2.33. The molecule has 1 amide bonds. The van der Waals surface area contributed by atoms with Gasteiger partial charge in [-0.3, -0.25) is 4.79 Å². The number of rotatable bonds is 3. The molecule has 0 atom stereocenters. The molecule has 0 heterocycles. The van der Waals surface area contributed by atoms with Crippen molar-refractivity contribution < 1.29 is 14.7 Å². The molecule has 0 aliphatic rings. The SMILES string of the molecule is Cc1ccc(Cl)cc1C(=O)Nc1cccc(C(=O)O)c1. The van der Waals surface area contributed by atoms with Gasteiger partial charge in [-0.1, -0.05) is 23.7 Å². The maximum Gasteiger partial charge on any atom is 0.335 e. The Morgan fingerprint density at radius 3 is 2.60 bits per heavy atom. The van der Waals surface area contributed by atoms with Crippen LogP contribution in [0.15, 0.2) is 42.5 Å². The number of aromatic carboxylic acids is 1. The highest BCUT2D eigenvalue weighted by Gasteiger charge is 2.11. The van der Waals surface area contributed by atoms with Crippen LogP contribution in [0.5, 0.6) is 0 Å². The highest BCUT2D eigenvalue weighted by Crippen LogP contribution is 2.18. The molecule has 0 unspecified atom stereocenters. The van der Waals surface area contributed by atoms with Crippen LogP contribution < -0.4 is 5.32 Å². The minimum Gasteiger partial charge on any atom is -0.478 e. The number of hydrogen-bond acceptors (Lipinski definition) is 2. The van der Waals surface area contributed by atoms with Gasteiger partial charge in [0.1, 0.15) is 0 Å². The summed E-state index contributed by atoms with van der Waals surface area (Å²) in [6, 6.07) is 11.1. The lowest BCUT2D eigenvalue weighted by Gasteiger charge is -2.08. The van der Waals surface area contributed by atoms with E-state index in [0.29, 0.717) is 16.3 Å². The molecule has 0 saturated heterocycles. The van der Waals surface area contributed by atoms with Gasteiger partial charge in [-0.25, -0.2) is 4.79 Å². The number of hydrogen-bond donors (Lipinski definition) is 2. The van der Waals surface area contributed by atoms with Crippen LogP contribution in [0.3, 0.4) is 0 Å². The number of halogens is 1. The van der Waals surface area contributed by atoms with Gasteiger partial charge < -0.3 is 10.4 Å². The Kier molecular flexibility index (Phi) is 4.05.